The van der Waals surface area contributed by atoms with Crippen LogP contribution in [-0.4, -0.2) is 4.98 Å². The van der Waals surface area contributed by atoms with Crippen molar-refractivity contribution in [3.63, 3.8) is 0 Å². The molecule has 1 heterocycles. The number of pyridine rings is 1. The zero-order valence-corrected chi connectivity index (χ0v) is 11.8. The third kappa shape index (κ3) is 2.70. The van der Waals surface area contributed by atoms with E-state index in [9.17, 15) is 0 Å². The van der Waals surface area contributed by atoms with Gasteiger partial charge in [0.1, 0.15) is 0 Å². The highest BCUT2D eigenvalue weighted by Gasteiger charge is 2.04. The quantitative estimate of drug-likeness (QED) is 0.783. The predicted octanol–water partition coefficient (Wildman–Crippen LogP) is 4.03. The summed E-state index contributed by atoms with van der Waals surface area (Å²) in [7, 11) is 0. The van der Waals surface area contributed by atoms with Gasteiger partial charge in [0, 0.05) is 23.8 Å². The Labute approximate surface area is 123 Å². The normalized spacial score (nSPS) is 10.3. The van der Waals surface area contributed by atoms with Gasteiger partial charge in [0.2, 0.25) is 0 Å². The maximum atomic E-state index is 8.99. The third-order valence-electron chi connectivity index (χ3n) is 3.55. The van der Waals surface area contributed by atoms with E-state index < -0.39 is 0 Å². The molecule has 0 radical (unpaired) electrons. The second-order valence-electron chi connectivity index (χ2n) is 4.99. The molecule has 21 heavy (non-hydrogen) atoms. The van der Waals surface area contributed by atoms with Crippen LogP contribution in [0, 0.1) is 18.3 Å². The second kappa shape index (κ2) is 5.64. The molecule has 0 bridgehead atoms. The molecule has 0 saturated carbocycles. The number of nitriles is 1. The summed E-state index contributed by atoms with van der Waals surface area (Å²) in [5.41, 5.74) is 4.94. The van der Waals surface area contributed by atoms with Crippen molar-refractivity contribution in [2.24, 2.45) is 0 Å². The number of anilines is 1. The first-order valence-corrected chi connectivity index (χ1v) is 6.85. The molecule has 1 N–H and O–H groups in total. The summed E-state index contributed by atoms with van der Waals surface area (Å²) in [6, 6.07) is 18.0. The molecule has 0 spiro atoms. The number of benzene rings is 2. The molecular formula is C18H15N3. The fourth-order valence-electron chi connectivity index (χ4n) is 2.38. The maximum absolute atomic E-state index is 8.99. The molecule has 2 aromatic carbocycles. The van der Waals surface area contributed by atoms with Gasteiger partial charge in [0.15, 0.2) is 0 Å². The first-order valence-electron chi connectivity index (χ1n) is 6.85. The van der Waals surface area contributed by atoms with Gasteiger partial charge in [-0.05, 0) is 36.2 Å². The van der Waals surface area contributed by atoms with Crippen LogP contribution in [0.15, 0.2) is 54.7 Å². The Morgan fingerprint density at radius 1 is 1.14 bits per heavy atom. The van der Waals surface area contributed by atoms with Gasteiger partial charge in [-0.1, -0.05) is 30.3 Å². The summed E-state index contributed by atoms with van der Waals surface area (Å²) < 4.78 is 0. The van der Waals surface area contributed by atoms with Crippen molar-refractivity contribution in [3.05, 3.63) is 71.4 Å². The highest BCUT2D eigenvalue weighted by atomic mass is 14.9. The molecule has 0 amide bonds. The van der Waals surface area contributed by atoms with Crippen LogP contribution in [0.1, 0.15) is 16.7 Å². The summed E-state index contributed by atoms with van der Waals surface area (Å²) in [6.45, 7) is 2.72. The van der Waals surface area contributed by atoms with E-state index in [1.165, 1.54) is 0 Å². The molecule has 3 rings (SSSR count). The summed E-state index contributed by atoms with van der Waals surface area (Å²) in [6.07, 6.45) is 1.81. The van der Waals surface area contributed by atoms with E-state index >= 15 is 0 Å². The van der Waals surface area contributed by atoms with E-state index in [2.05, 4.69) is 34.6 Å². The van der Waals surface area contributed by atoms with Crippen LogP contribution in [0.25, 0.3) is 10.9 Å². The minimum atomic E-state index is 0.666. The lowest BCUT2D eigenvalue weighted by Crippen LogP contribution is -2.02. The number of aryl methyl sites for hydroxylation is 1. The number of aromatic nitrogens is 1. The van der Waals surface area contributed by atoms with Crippen molar-refractivity contribution in [1.82, 2.24) is 4.98 Å². The van der Waals surface area contributed by atoms with Gasteiger partial charge in [0.05, 0.1) is 17.1 Å². The van der Waals surface area contributed by atoms with Crippen LogP contribution in [0.4, 0.5) is 5.69 Å². The molecule has 0 aliphatic heterocycles. The summed E-state index contributed by atoms with van der Waals surface area (Å²) in [5, 5.41) is 13.5. The van der Waals surface area contributed by atoms with Crippen LogP contribution in [0.2, 0.25) is 0 Å². The Balaban J connectivity index is 1.89. The largest absolute Gasteiger partial charge is 0.381 e. The van der Waals surface area contributed by atoms with Crippen molar-refractivity contribution in [2.45, 2.75) is 13.5 Å². The fraction of sp³-hybridized carbons (Fsp3) is 0.111. The first kappa shape index (κ1) is 13.1. The van der Waals surface area contributed by atoms with E-state index in [1.54, 1.807) is 0 Å². The molecule has 0 unspecified atom stereocenters. The molecule has 0 fully saturated rings. The number of para-hydroxylation sites is 1. The van der Waals surface area contributed by atoms with Crippen LogP contribution in [0.3, 0.4) is 0 Å². The molecule has 0 aliphatic carbocycles. The van der Waals surface area contributed by atoms with Crippen LogP contribution in [0.5, 0.6) is 0 Å². The van der Waals surface area contributed by atoms with E-state index in [0.717, 1.165) is 27.7 Å². The van der Waals surface area contributed by atoms with E-state index in [4.69, 9.17) is 5.26 Å². The number of nitrogens with one attached hydrogen (secondary N) is 1. The van der Waals surface area contributed by atoms with Gasteiger partial charge in [-0.2, -0.15) is 5.26 Å². The second-order valence-corrected chi connectivity index (χ2v) is 4.99. The summed E-state index contributed by atoms with van der Waals surface area (Å²) in [5.74, 6) is 0. The number of hydrogen-bond acceptors (Lipinski definition) is 3. The minimum Gasteiger partial charge on any atom is -0.381 e. The zero-order valence-electron chi connectivity index (χ0n) is 11.8. The Morgan fingerprint density at radius 2 is 2.00 bits per heavy atom. The fourth-order valence-corrected chi connectivity index (χ4v) is 2.38. The van der Waals surface area contributed by atoms with E-state index in [0.29, 0.717) is 12.1 Å². The standard InChI is InChI=1S/C18H15N3/c1-13-7-8-14(11-19)10-17(13)21-12-16-5-2-4-15-6-3-9-20-18(15)16/h2-10,21H,12H2,1H3. The topological polar surface area (TPSA) is 48.7 Å². The summed E-state index contributed by atoms with van der Waals surface area (Å²) in [4.78, 5) is 4.46. The first-order chi connectivity index (χ1) is 10.3. The molecular weight excluding hydrogens is 258 g/mol. The maximum Gasteiger partial charge on any atom is 0.0992 e. The molecule has 0 saturated heterocycles. The molecule has 3 heteroatoms. The number of hydrogen-bond donors (Lipinski definition) is 1. The lowest BCUT2D eigenvalue weighted by molar-refractivity contribution is 1.14. The Morgan fingerprint density at radius 3 is 2.86 bits per heavy atom. The van der Waals surface area contributed by atoms with Gasteiger partial charge in [-0.15, -0.1) is 0 Å². The van der Waals surface area contributed by atoms with Gasteiger partial charge in [-0.3, -0.25) is 4.98 Å². The van der Waals surface area contributed by atoms with Gasteiger partial charge >= 0.3 is 0 Å². The van der Waals surface area contributed by atoms with Crippen molar-refractivity contribution < 1.29 is 0 Å². The van der Waals surface area contributed by atoms with Gasteiger partial charge < -0.3 is 5.32 Å². The van der Waals surface area contributed by atoms with Crippen LogP contribution in [-0.2, 0) is 6.54 Å². The van der Waals surface area contributed by atoms with Crippen LogP contribution < -0.4 is 5.32 Å². The Bertz CT molecular complexity index is 826. The van der Waals surface area contributed by atoms with E-state index in [1.807, 2.05) is 43.5 Å². The van der Waals surface area contributed by atoms with E-state index in [-0.39, 0.29) is 0 Å². The van der Waals surface area contributed by atoms with Crippen LogP contribution >= 0.6 is 0 Å². The average Bonchev–Trinajstić information content (AvgIpc) is 2.54. The van der Waals surface area contributed by atoms with Crippen molar-refractivity contribution in [2.75, 3.05) is 5.32 Å². The Hall–Kier alpha value is -2.86. The number of fused-ring (bicyclic) bond motifs is 1. The highest BCUT2D eigenvalue weighted by molar-refractivity contribution is 5.81. The van der Waals surface area contributed by atoms with Crippen molar-refractivity contribution in [3.8, 4) is 6.07 Å². The molecule has 3 nitrogen and oxygen atoms in total. The van der Waals surface area contributed by atoms with Crippen molar-refractivity contribution >= 4 is 16.6 Å². The molecule has 102 valence electrons. The molecule has 0 aliphatic rings. The SMILES string of the molecule is Cc1ccc(C#N)cc1NCc1cccc2cccnc12. The molecule has 0 atom stereocenters. The Kier molecular flexibility index (Phi) is 3.53. The zero-order chi connectivity index (χ0) is 14.7. The lowest BCUT2D eigenvalue weighted by atomic mass is 10.1. The average molecular weight is 273 g/mol. The minimum absolute atomic E-state index is 0.666. The molecule has 1 aromatic heterocycles. The van der Waals surface area contributed by atoms with Gasteiger partial charge in [0.25, 0.3) is 0 Å². The summed E-state index contributed by atoms with van der Waals surface area (Å²) >= 11 is 0. The predicted molar refractivity (Wildman–Crippen MR) is 85.0 cm³/mol. The smallest absolute Gasteiger partial charge is 0.0992 e. The number of rotatable bonds is 3. The van der Waals surface area contributed by atoms with Crippen molar-refractivity contribution in [1.29, 1.82) is 5.26 Å². The lowest BCUT2D eigenvalue weighted by Gasteiger charge is -2.11. The third-order valence-corrected chi connectivity index (χ3v) is 3.55. The van der Waals surface area contributed by atoms with Gasteiger partial charge in [-0.25, -0.2) is 0 Å². The number of nitrogens with zero attached hydrogens (tertiary/aromatic N) is 2. The molecule has 3 aromatic rings. The highest BCUT2D eigenvalue weighted by Crippen LogP contribution is 2.20. The monoisotopic (exact) mass is 273 g/mol.